The fraction of sp³-hybridized carbons (Fsp3) is 0.429. The highest BCUT2D eigenvalue weighted by atomic mass is 32.2. The normalized spacial score (nSPS) is 10.9. The minimum Gasteiger partial charge on any atom is -0.354 e. The summed E-state index contributed by atoms with van der Waals surface area (Å²) in [4.78, 5) is 17.8. The van der Waals surface area contributed by atoms with Crippen molar-refractivity contribution in [2.45, 2.75) is 11.7 Å². The number of nitrogens with one attached hydrogen (secondary N) is 1. The standard InChI is InChI=1S/C14H20N6OS/c1-19(9-12-3-5-15-6-4-12)10-13(21)16-7-8-22-14-18-17-11-20(14)2/h3-6,11H,7-10H2,1-2H3,(H,16,21). The Morgan fingerprint density at radius 2 is 2.18 bits per heavy atom. The molecule has 2 aromatic rings. The summed E-state index contributed by atoms with van der Waals surface area (Å²) in [5, 5.41) is 11.5. The molecule has 2 aromatic heterocycles. The van der Waals surface area contributed by atoms with Crippen molar-refractivity contribution in [3.63, 3.8) is 0 Å². The number of nitrogens with zero attached hydrogens (tertiary/aromatic N) is 5. The summed E-state index contributed by atoms with van der Waals surface area (Å²) in [7, 11) is 3.82. The van der Waals surface area contributed by atoms with Gasteiger partial charge in [0.05, 0.1) is 6.54 Å². The summed E-state index contributed by atoms with van der Waals surface area (Å²) in [6.45, 7) is 1.71. The quantitative estimate of drug-likeness (QED) is 0.565. The van der Waals surface area contributed by atoms with Crippen LogP contribution in [0.2, 0.25) is 0 Å². The summed E-state index contributed by atoms with van der Waals surface area (Å²) in [6.07, 6.45) is 5.18. The molecule has 0 radical (unpaired) electrons. The number of amides is 1. The van der Waals surface area contributed by atoms with Crippen molar-refractivity contribution in [1.82, 2.24) is 30.0 Å². The average molecular weight is 320 g/mol. The van der Waals surface area contributed by atoms with Crippen molar-refractivity contribution in [3.8, 4) is 0 Å². The molecule has 118 valence electrons. The maximum Gasteiger partial charge on any atom is 0.234 e. The van der Waals surface area contributed by atoms with Crippen LogP contribution < -0.4 is 5.32 Å². The van der Waals surface area contributed by atoms with Crippen molar-refractivity contribution in [1.29, 1.82) is 0 Å². The Balaban J connectivity index is 1.62. The van der Waals surface area contributed by atoms with Gasteiger partial charge in [-0.15, -0.1) is 10.2 Å². The Bertz CT molecular complexity index is 588. The van der Waals surface area contributed by atoms with Crippen molar-refractivity contribution in [2.24, 2.45) is 7.05 Å². The molecular formula is C14H20N6OS. The van der Waals surface area contributed by atoms with Crippen LogP contribution in [0.3, 0.4) is 0 Å². The molecule has 0 saturated heterocycles. The molecule has 0 aliphatic heterocycles. The molecule has 8 heteroatoms. The Hall–Kier alpha value is -1.93. The minimum absolute atomic E-state index is 0.0233. The van der Waals surface area contributed by atoms with E-state index >= 15 is 0 Å². The van der Waals surface area contributed by atoms with Crippen LogP contribution in [0.25, 0.3) is 0 Å². The van der Waals surface area contributed by atoms with Crippen molar-refractivity contribution in [3.05, 3.63) is 36.4 Å². The number of aryl methyl sites for hydroxylation is 1. The number of hydrogen-bond acceptors (Lipinski definition) is 6. The molecule has 0 aliphatic carbocycles. The molecule has 22 heavy (non-hydrogen) atoms. The summed E-state index contributed by atoms with van der Waals surface area (Å²) in [5.41, 5.74) is 1.14. The van der Waals surface area contributed by atoms with E-state index in [2.05, 4.69) is 20.5 Å². The number of thioether (sulfide) groups is 1. The maximum atomic E-state index is 11.9. The van der Waals surface area contributed by atoms with Gasteiger partial charge in [-0.3, -0.25) is 14.7 Å². The molecule has 1 N–H and O–H groups in total. The molecule has 0 fully saturated rings. The molecule has 0 aromatic carbocycles. The van der Waals surface area contributed by atoms with Gasteiger partial charge in [-0.2, -0.15) is 0 Å². The second kappa shape index (κ2) is 8.50. The van der Waals surface area contributed by atoms with Crippen molar-refractivity contribution < 1.29 is 4.79 Å². The van der Waals surface area contributed by atoms with Gasteiger partial charge in [-0.05, 0) is 24.7 Å². The molecule has 0 spiro atoms. The van der Waals surface area contributed by atoms with Gasteiger partial charge in [0, 0.05) is 38.3 Å². The van der Waals surface area contributed by atoms with E-state index in [4.69, 9.17) is 0 Å². The minimum atomic E-state index is 0.0233. The average Bonchev–Trinajstić information content (AvgIpc) is 2.90. The molecular weight excluding hydrogens is 300 g/mol. The lowest BCUT2D eigenvalue weighted by Crippen LogP contribution is -2.35. The molecule has 0 atom stereocenters. The number of pyridine rings is 1. The Kier molecular flexibility index (Phi) is 6.35. The lowest BCUT2D eigenvalue weighted by Gasteiger charge is -2.16. The molecule has 7 nitrogen and oxygen atoms in total. The van der Waals surface area contributed by atoms with Crippen molar-refractivity contribution in [2.75, 3.05) is 25.9 Å². The van der Waals surface area contributed by atoms with E-state index in [0.717, 1.165) is 23.0 Å². The van der Waals surface area contributed by atoms with E-state index in [1.165, 1.54) is 0 Å². The SMILES string of the molecule is CN(CC(=O)NCCSc1nncn1C)Cc1ccncc1. The van der Waals surface area contributed by atoms with E-state index in [1.54, 1.807) is 30.5 Å². The first-order valence-corrected chi connectivity index (χ1v) is 7.94. The van der Waals surface area contributed by atoms with Crippen LogP contribution in [0.15, 0.2) is 36.0 Å². The molecule has 0 bridgehead atoms. The highest BCUT2D eigenvalue weighted by Gasteiger charge is 2.07. The summed E-state index contributed by atoms with van der Waals surface area (Å²) < 4.78 is 1.86. The van der Waals surface area contributed by atoms with Crippen LogP contribution in [0.4, 0.5) is 0 Å². The maximum absolute atomic E-state index is 11.9. The predicted molar refractivity (Wildman–Crippen MR) is 85.3 cm³/mol. The van der Waals surface area contributed by atoms with Gasteiger partial charge in [-0.25, -0.2) is 0 Å². The fourth-order valence-corrected chi connectivity index (χ4v) is 2.64. The van der Waals surface area contributed by atoms with Gasteiger partial charge in [0.15, 0.2) is 5.16 Å². The first-order chi connectivity index (χ1) is 10.6. The smallest absolute Gasteiger partial charge is 0.234 e. The third kappa shape index (κ3) is 5.45. The second-order valence-corrected chi connectivity index (χ2v) is 6.01. The van der Waals surface area contributed by atoms with E-state index < -0.39 is 0 Å². The number of carbonyl (C=O) groups is 1. The monoisotopic (exact) mass is 320 g/mol. The molecule has 0 unspecified atom stereocenters. The highest BCUT2D eigenvalue weighted by molar-refractivity contribution is 7.99. The van der Waals surface area contributed by atoms with Gasteiger partial charge >= 0.3 is 0 Å². The van der Waals surface area contributed by atoms with Gasteiger partial charge in [0.25, 0.3) is 0 Å². The highest BCUT2D eigenvalue weighted by Crippen LogP contribution is 2.11. The largest absolute Gasteiger partial charge is 0.354 e. The Morgan fingerprint density at radius 3 is 2.86 bits per heavy atom. The predicted octanol–water partition coefficient (Wildman–Crippen LogP) is 0.550. The molecule has 0 aliphatic rings. The molecule has 1 amide bonds. The van der Waals surface area contributed by atoms with E-state index in [0.29, 0.717) is 13.1 Å². The lowest BCUT2D eigenvalue weighted by molar-refractivity contribution is -0.121. The van der Waals surface area contributed by atoms with Gasteiger partial charge < -0.3 is 9.88 Å². The molecule has 2 rings (SSSR count). The third-order valence-electron chi connectivity index (χ3n) is 2.94. The van der Waals surface area contributed by atoms with E-state index in [1.807, 2.05) is 35.7 Å². The summed E-state index contributed by atoms with van der Waals surface area (Å²) in [6, 6.07) is 3.90. The van der Waals surface area contributed by atoms with Crippen molar-refractivity contribution >= 4 is 17.7 Å². The van der Waals surface area contributed by atoms with Crippen LogP contribution in [0, 0.1) is 0 Å². The molecule has 2 heterocycles. The number of hydrogen-bond donors (Lipinski definition) is 1. The van der Waals surface area contributed by atoms with E-state index in [9.17, 15) is 4.79 Å². The zero-order chi connectivity index (χ0) is 15.8. The van der Waals surface area contributed by atoms with Crippen LogP contribution in [0.1, 0.15) is 5.56 Å². The second-order valence-electron chi connectivity index (χ2n) is 4.95. The van der Waals surface area contributed by atoms with Gasteiger partial charge in [-0.1, -0.05) is 11.8 Å². The lowest BCUT2D eigenvalue weighted by atomic mass is 10.2. The van der Waals surface area contributed by atoms with Crippen LogP contribution in [-0.2, 0) is 18.4 Å². The zero-order valence-corrected chi connectivity index (χ0v) is 13.6. The van der Waals surface area contributed by atoms with E-state index in [-0.39, 0.29) is 5.91 Å². The van der Waals surface area contributed by atoms with Crippen LogP contribution >= 0.6 is 11.8 Å². The Morgan fingerprint density at radius 1 is 1.41 bits per heavy atom. The zero-order valence-electron chi connectivity index (χ0n) is 12.8. The summed E-state index contributed by atoms with van der Waals surface area (Å²) >= 11 is 1.57. The number of aromatic nitrogens is 4. The third-order valence-corrected chi connectivity index (χ3v) is 3.98. The topological polar surface area (TPSA) is 75.9 Å². The number of carbonyl (C=O) groups excluding carboxylic acids is 1. The number of rotatable bonds is 8. The Labute approximate surface area is 134 Å². The van der Waals surface area contributed by atoms with Crippen LogP contribution in [-0.4, -0.2) is 56.4 Å². The summed E-state index contributed by atoms with van der Waals surface area (Å²) in [5.74, 6) is 0.793. The van der Waals surface area contributed by atoms with Gasteiger partial charge in [0.1, 0.15) is 6.33 Å². The first-order valence-electron chi connectivity index (χ1n) is 6.96. The molecule has 0 saturated carbocycles. The fourth-order valence-electron chi connectivity index (χ4n) is 1.89. The van der Waals surface area contributed by atoms with Gasteiger partial charge in [0.2, 0.25) is 5.91 Å². The number of likely N-dealkylation sites (N-methyl/N-ethyl adjacent to an activating group) is 1. The first kappa shape index (κ1) is 16.4. The van der Waals surface area contributed by atoms with Crippen LogP contribution in [0.5, 0.6) is 0 Å².